The first-order chi connectivity index (χ1) is 10.2. The largest absolute Gasteiger partial charge is 0.389 e. The molecule has 110 valence electrons. The molecule has 0 radical (unpaired) electrons. The molecule has 0 fully saturated rings. The van der Waals surface area contributed by atoms with Crippen LogP contribution in [0, 0.1) is 0 Å². The summed E-state index contributed by atoms with van der Waals surface area (Å²) in [6.07, 6.45) is -0.660. The van der Waals surface area contributed by atoms with Gasteiger partial charge in [0, 0.05) is 11.4 Å². The van der Waals surface area contributed by atoms with E-state index in [9.17, 15) is 5.11 Å². The van der Waals surface area contributed by atoms with Crippen LogP contribution in [-0.4, -0.2) is 30.3 Å². The minimum Gasteiger partial charge on any atom is -0.389 e. The van der Waals surface area contributed by atoms with Crippen LogP contribution in [0.25, 0.3) is 0 Å². The van der Waals surface area contributed by atoms with Gasteiger partial charge >= 0.3 is 0 Å². The zero-order valence-electron chi connectivity index (χ0n) is 11.8. The second-order valence-corrected chi connectivity index (χ2v) is 4.70. The summed E-state index contributed by atoms with van der Waals surface area (Å²) in [5, 5.41) is 10.1. The summed E-state index contributed by atoms with van der Waals surface area (Å²) in [5.74, 6) is -0.0139. The lowest BCUT2D eigenvalue weighted by molar-refractivity contribution is 0.191. The summed E-state index contributed by atoms with van der Waals surface area (Å²) < 4.78 is 0. The van der Waals surface area contributed by atoms with Gasteiger partial charge in [0.1, 0.15) is 0 Å². The van der Waals surface area contributed by atoms with E-state index in [2.05, 4.69) is 4.99 Å². The number of nitrogens with two attached hydrogens (primary N) is 2. The van der Waals surface area contributed by atoms with Gasteiger partial charge in [0.05, 0.1) is 19.2 Å². The Morgan fingerprint density at radius 1 is 0.952 bits per heavy atom. The van der Waals surface area contributed by atoms with Crippen LogP contribution in [0.2, 0.25) is 0 Å². The molecule has 2 aromatic carbocycles. The number of aliphatic imine (C=N–C) groups is 1. The predicted octanol–water partition coefficient (Wildman–Crippen LogP) is 1.46. The van der Waals surface area contributed by atoms with Gasteiger partial charge in [-0.1, -0.05) is 36.4 Å². The zero-order chi connectivity index (χ0) is 15.1. The summed E-state index contributed by atoms with van der Waals surface area (Å²) in [6, 6.07) is 19.8. The van der Waals surface area contributed by atoms with Gasteiger partial charge in [-0.25, -0.2) is 0 Å². The Balaban J connectivity index is 2.19. The van der Waals surface area contributed by atoms with Crippen molar-refractivity contribution in [3.63, 3.8) is 0 Å². The van der Waals surface area contributed by atoms with Crippen molar-refractivity contribution in [1.29, 1.82) is 0 Å². The number of anilines is 2. The SMILES string of the molecule is NC(N)=NC[C@@H](O)CN(c1ccccc1)c1ccccc1. The van der Waals surface area contributed by atoms with E-state index in [1.807, 2.05) is 65.6 Å². The Kier molecular flexibility index (Phi) is 5.17. The minimum absolute atomic E-state index is 0.0139. The Morgan fingerprint density at radius 3 is 1.86 bits per heavy atom. The average molecular weight is 284 g/mol. The lowest BCUT2D eigenvalue weighted by atomic mass is 10.2. The maximum Gasteiger partial charge on any atom is 0.185 e. The van der Waals surface area contributed by atoms with Crippen molar-refractivity contribution in [2.24, 2.45) is 16.5 Å². The van der Waals surface area contributed by atoms with Gasteiger partial charge in [0.15, 0.2) is 5.96 Å². The van der Waals surface area contributed by atoms with Crippen LogP contribution in [0.15, 0.2) is 65.7 Å². The van der Waals surface area contributed by atoms with E-state index in [1.165, 1.54) is 0 Å². The highest BCUT2D eigenvalue weighted by atomic mass is 16.3. The number of benzene rings is 2. The third-order valence-electron chi connectivity index (χ3n) is 3.01. The maximum atomic E-state index is 10.1. The van der Waals surface area contributed by atoms with E-state index in [4.69, 9.17) is 11.5 Å². The summed E-state index contributed by atoms with van der Waals surface area (Å²) >= 11 is 0. The van der Waals surface area contributed by atoms with E-state index in [1.54, 1.807) is 0 Å². The molecule has 0 unspecified atom stereocenters. The van der Waals surface area contributed by atoms with Gasteiger partial charge < -0.3 is 21.5 Å². The lowest BCUT2D eigenvalue weighted by Gasteiger charge is -2.27. The topological polar surface area (TPSA) is 87.9 Å². The first kappa shape index (κ1) is 14.9. The van der Waals surface area contributed by atoms with Crippen molar-refractivity contribution < 1.29 is 5.11 Å². The van der Waals surface area contributed by atoms with Crippen LogP contribution < -0.4 is 16.4 Å². The molecule has 0 bridgehead atoms. The van der Waals surface area contributed by atoms with Gasteiger partial charge in [-0.3, -0.25) is 4.99 Å². The normalized spacial score (nSPS) is 11.7. The van der Waals surface area contributed by atoms with Gasteiger partial charge in [-0.05, 0) is 24.3 Å². The smallest absolute Gasteiger partial charge is 0.185 e. The molecule has 0 spiro atoms. The fourth-order valence-electron chi connectivity index (χ4n) is 2.06. The second kappa shape index (κ2) is 7.31. The van der Waals surface area contributed by atoms with E-state index >= 15 is 0 Å². The first-order valence-electron chi connectivity index (χ1n) is 6.78. The molecule has 2 rings (SSSR count). The number of guanidine groups is 1. The van der Waals surface area contributed by atoms with Gasteiger partial charge in [0.25, 0.3) is 0 Å². The summed E-state index contributed by atoms with van der Waals surface area (Å²) in [6.45, 7) is 0.587. The molecule has 2 aromatic rings. The van der Waals surface area contributed by atoms with Crippen LogP contribution >= 0.6 is 0 Å². The lowest BCUT2D eigenvalue weighted by Crippen LogP contribution is -2.32. The Morgan fingerprint density at radius 2 is 1.43 bits per heavy atom. The minimum atomic E-state index is -0.660. The fourth-order valence-corrected chi connectivity index (χ4v) is 2.06. The van der Waals surface area contributed by atoms with Crippen LogP contribution in [0.5, 0.6) is 0 Å². The Bertz CT molecular complexity index is 528. The van der Waals surface area contributed by atoms with Crippen LogP contribution in [0.4, 0.5) is 11.4 Å². The van der Waals surface area contributed by atoms with Crippen LogP contribution in [-0.2, 0) is 0 Å². The highest BCUT2D eigenvalue weighted by Gasteiger charge is 2.14. The van der Waals surface area contributed by atoms with Crippen molar-refractivity contribution in [1.82, 2.24) is 0 Å². The predicted molar refractivity (Wildman–Crippen MR) is 86.6 cm³/mol. The van der Waals surface area contributed by atoms with Gasteiger partial charge in [-0.2, -0.15) is 0 Å². The Hall–Kier alpha value is -2.53. The molecule has 5 N–H and O–H groups in total. The van der Waals surface area contributed by atoms with Crippen molar-refractivity contribution in [2.45, 2.75) is 6.10 Å². The molecule has 5 heteroatoms. The number of nitrogens with zero attached hydrogens (tertiary/aromatic N) is 2. The highest BCUT2D eigenvalue weighted by molar-refractivity contribution is 5.75. The molecular weight excluding hydrogens is 264 g/mol. The maximum absolute atomic E-state index is 10.1. The first-order valence-corrected chi connectivity index (χ1v) is 6.78. The summed E-state index contributed by atoms with van der Waals surface area (Å²) in [5.41, 5.74) is 12.6. The van der Waals surface area contributed by atoms with Crippen molar-refractivity contribution in [2.75, 3.05) is 18.0 Å². The van der Waals surface area contributed by atoms with Crippen molar-refractivity contribution >= 4 is 17.3 Å². The van der Waals surface area contributed by atoms with Crippen molar-refractivity contribution in [3.05, 3.63) is 60.7 Å². The average Bonchev–Trinajstić information content (AvgIpc) is 2.52. The van der Waals surface area contributed by atoms with Crippen molar-refractivity contribution in [3.8, 4) is 0 Å². The Labute approximate surface area is 124 Å². The van der Waals surface area contributed by atoms with E-state index in [0.29, 0.717) is 6.54 Å². The number of hydrogen-bond donors (Lipinski definition) is 3. The number of rotatable bonds is 6. The number of hydrogen-bond acceptors (Lipinski definition) is 3. The summed E-state index contributed by atoms with van der Waals surface area (Å²) in [4.78, 5) is 5.90. The van der Waals surface area contributed by atoms with Gasteiger partial charge in [0.2, 0.25) is 0 Å². The molecule has 0 amide bonds. The molecule has 0 aliphatic heterocycles. The van der Waals surface area contributed by atoms with Gasteiger partial charge in [-0.15, -0.1) is 0 Å². The zero-order valence-corrected chi connectivity index (χ0v) is 11.8. The van der Waals surface area contributed by atoms with Crippen LogP contribution in [0.3, 0.4) is 0 Å². The molecular formula is C16H20N4O. The molecule has 5 nitrogen and oxygen atoms in total. The van der Waals surface area contributed by atoms with E-state index < -0.39 is 6.10 Å². The number of aliphatic hydroxyl groups is 1. The summed E-state index contributed by atoms with van der Waals surface area (Å²) in [7, 11) is 0. The highest BCUT2D eigenvalue weighted by Crippen LogP contribution is 2.24. The standard InChI is InChI=1S/C16H20N4O/c17-16(18)19-11-15(21)12-20(13-7-3-1-4-8-13)14-9-5-2-6-10-14/h1-10,15,21H,11-12H2,(H4,17,18,19)/t15-/m1/s1. The number of para-hydroxylation sites is 2. The van der Waals surface area contributed by atoms with Crippen LogP contribution in [0.1, 0.15) is 0 Å². The monoisotopic (exact) mass is 284 g/mol. The third-order valence-corrected chi connectivity index (χ3v) is 3.01. The molecule has 0 saturated heterocycles. The third kappa shape index (κ3) is 4.50. The molecule has 1 atom stereocenters. The fraction of sp³-hybridized carbons (Fsp3) is 0.188. The molecule has 0 saturated carbocycles. The van der Waals surface area contributed by atoms with E-state index in [-0.39, 0.29) is 12.5 Å². The molecule has 0 aliphatic rings. The quantitative estimate of drug-likeness (QED) is 0.553. The number of aliphatic hydroxyl groups excluding tert-OH is 1. The molecule has 21 heavy (non-hydrogen) atoms. The second-order valence-electron chi connectivity index (χ2n) is 4.70. The molecule has 0 aliphatic carbocycles. The molecule has 0 aromatic heterocycles. The van der Waals surface area contributed by atoms with E-state index in [0.717, 1.165) is 11.4 Å². The molecule has 0 heterocycles.